The standard InChI is InChI=1S/C14H14F3NO2/c1-9(14(15,16)17)7-11-13(19)20-8-12(18-11)10-5-3-2-4-6-10/h2-6,9,12H,7-8H2,1H3/t9-,12-/m0/s1. The summed E-state index contributed by atoms with van der Waals surface area (Å²) in [6.07, 6.45) is -4.80. The van der Waals surface area contributed by atoms with E-state index >= 15 is 0 Å². The van der Waals surface area contributed by atoms with Crippen LogP contribution in [0.25, 0.3) is 0 Å². The number of benzene rings is 1. The maximum absolute atomic E-state index is 12.5. The molecule has 0 fully saturated rings. The fourth-order valence-electron chi connectivity index (χ4n) is 1.90. The number of ether oxygens (including phenoxy) is 1. The first-order valence-electron chi connectivity index (χ1n) is 6.23. The summed E-state index contributed by atoms with van der Waals surface area (Å²) in [4.78, 5) is 15.6. The van der Waals surface area contributed by atoms with E-state index < -0.39 is 30.5 Å². The Labute approximate surface area is 114 Å². The Balaban J connectivity index is 2.18. The van der Waals surface area contributed by atoms with E-state index in [9.17, 15) is 18.0 Å². The second kappa shape index (κ2) is 5.64. The third-order valence-electron chi connectivity index (χ3n) is 3.16. The number of alkyl halides is 3. The highest BCUT2D eigenvalue weighted by Crippen LogP contribution is 2.30. The van der Waals surface area contributed by atoms with Crippen molar-refractivity contribution in [1.82, 2.24) is 0 Å². The molecule has 3 nitrogen and oxygen atoms in total. The minimum absolute atomic E-state index is 0.0622. The molecule has 0 radical (unpaired) electrons. The van der Waals surface area contributed by atoms with Gasteiger partial charge in [-0.2, -0.15) is 13.2 Å². The SMILES string of the molecule is C[C@@H](CC1=N[C@H](c2ccccc2)COC1=O)C(F)(F)F. The average molecular weight is 285 g/mol. The predicted molar refractivity (Wildman–Crippen MR) is 67.4 cm³/mol. The van der Waals surface area contributed by atoms with Crippen molar-refractivity contribution in [3.05, 3.63) is 35.9 Å². The normalized spacial score (nSPS) is 21.1. The second-order valence-electron chi connectivity index (χ2n) is 4.75. The lowest BCUT2D eigenvalue weighted by Crippen LogP contribution is -2.31. The number of carbonyl (C=O) groups excluding carboxylic acids is 1. The van der Waals surface area contributed by atoms with Gasteiger partial charge in [0.25, 0.3) is 0 Å². The van der Waals surface area contributed by atoms with E-state index in [0.29, 0.717) is 0 Å². The van der Waals surface area contributed by atoms with Crippen LogP contribution in [0.1, 0.15) is 24.9 Å². The molecule has 0 aromatic heterocycles. The van der Waals surface area contributed by atoms with Gasteiger partial charge in [-0.25, -0.2) is 4.79 Å². The Morgan fingerprint density at radius 1 is 1.35 bits per heavy atom. The topological polar surface area (TPSA) is 38.7 Å². The molecule has 2 rings (SSSR count). The minimum Gasteiger partial charge on any atom is -0.459 e. The Hall–Kier alpha value is -1.85. The summed E-state index contributed by atoms with van der Waals surface area (Å²) >= 11 is 0. The lowest BCUT2D eigenvalue weighted by atomic mass is 10.0. The highest BCUT2D eigenvalue weighted by Gasteiger charge is 2.38. The van der Waals surface area contributed by atoms with Gasteiger partial charge in [-0.15, -0.1) is 0 Å². The van der Waals surface area contributed by atoms with Crippen molar-refractivity contribution in [2.24, 2.45) is 10.9 Å². The van der Waals surface area contributed by atoms with Crippen LogP contribution in [0.4, 0.5) is 13.2 Å². The van der Waals surface area contributed by atoms with Crippen LogP contribution in [0, 0.1) is 5.92 Å². The van der Waals surface area contributed by atoms with E-state index in [4.69, 9.17) is 4.74 Å². The van der Waals surface area contributed by atoms with E-state index in [1.807, 2.05) is 6.07 Å². The summed E-state index contributed by atoms with van der Waals surface area (Å²) in [5.74, 6) is -2.38. The quantitative estimate of drug-likeness (QED) is 0.799. The summed E-state index contributed by atoms with van der Waals surface area (Å²) in [5.41, 5.74) is 0.673. The first-order chi connectivity index (χ1) is 9.38. The molecule has 0 N–H and O–H groups in total. The smallest absolute Gasteiger partial charge is 0.391 e. The Morgan fingerprint density at radius 3 is 2.60 bits per heavy atom. The number of nitrogens with zero attached hydrogens (tertiary/aromatic N) is 1. The molecule has 6 heteroatoms. The molecule has 0 saturated carbocycles. The highest BCUT2D eigenvalue weighted by atomic mass is 19.4. The Morgan fingerprint density at radius 2 is 2.00 bits per heavy atom. The van der Waals surface area contributed by atoms with Crippen LogP contribution < -0.4 is 0 Å². The first kappa shape index (κ1) is 14.6. The molecule has 0 spiro atoms. The van der Waals surface area contributed by atoms with Gasteiger partial charge in [0.15, 0.2) is 0 Å². The van der Waals surface area contributed by atoms with Gasteiger partial charge < -0.3 is 4.74 Å². The molecule has 0 amide bonds. The van der Waals surface area contributed by atoms with E-state index in [0.717, 1.165) is 12.5 Å². The zero-order chi connectivity index (χ0) is 14.8. The number of carbonyl (C=O) groups is 1. The molecule has 1 aliphatic heterocycles. The van der Waals surface area contributed by atoms with E-state index in [-0.39, 0.29) is 12.3 Å². The third-order valence-corrected chi connectivity index (χ3v) is 3.16. The van der Waals surface area contributed by atoms with Crippen molar-refractivity contribution in [3.63, 3.8) is 0 Å². The summed E-state index contributed by atoms with van der Waals surface area (Å²) in [6.45, 7) is 1.09. The lowest BCUT2D eigenvalue weighted by Gasteiger charge is -2.23. The molecule has 0 saturated heterocycles. The average Bonchev–Trinajstić information content (AvgIpc) is 2.41. The van der Waals surface area contributed by atoms with Crippen LogP contribution in [-0.2, 0) is 9.53 Å². The van der Waals surface area contributed by atoms with E-state index in [1.165, 1.54) is 0 Å². The van der Waals surface area contributed by atoms with Crippen molar-refractivity contribution >= 4 is 11.7 Å². The number of esters is 1. The molecule has 1 aromatic rings. The fourth-order valence-corrected chi connectivity index (χ4v) is 1.90. The van der Waals surface area contributed by atoms with Gasteiger partial charge in [-0.05, 0) is 5.56 Å². The van der Waals surface area contributed by atoms with Gasteiger partial charge in [0.1, 0.15) is 18.4 Å². The summed E-state index contributed by atoms with van der Waals surface area (Å²) < 4.78 is 42.6. The molecular weight excluding hydrogens is 271 g/mol. The van der Waals surface area contributed by atoms with Gasteiger partial charge in [0, 0.05) is 6.42 Å². The number of aliphatic imine (C=N–C) groups is 1. The van der Waals surface area contributed by atoms with E-state index in [1.54, 1.807) is 24.3 Å². The molecule has 0 aliphatic carbocycles. The van der Waals surface area contributed by atoms with Crippen molar-refractivity contribution in [2.75, 3.05) is 6.61 Å². The number of hydrogen-bond acceptors (Lipinski definition) is 3. The van der Waals surface area contributed by atoms with Gasteiger partial charge in [-0.3, -0.25) is 4.99 Å². The Kier molecular flexibility index (Phi) is 4.11. The monoisotopic (exact) mass is 285 g/mol. The third kappa shape index (κ3) is 3.37. The molecule has 2 atom stereocenters. The molecule has 20 heavy (non-hydrogen) atoms. The minimum atomic E-state index is -4.34. The molecule has 1 aliphatic rings. The van der Waals surface area contributed by atoms with Gasteiger partial charge in [0.05, 0.1) is 5.92 Å². The largest absolute Gasteiger partial charge is 0.459 e. The van der Waals surface area contributed by atoms with Crippen LogP contribution in [0.5, 0.6) is 0 Å². The zero-order valence-corrected chi connectivity index (χ0v) is 10.9. The van der Waals surface area contributed by atoms with Crippen LogP contribution in [0.2, 0.25) is 0 Å². The first-order valence-corrected chi connectivity index (χ1v) is 6.23. The molecule has 1 aromatic carbocycles. The van der Waals surface area contributed by atoms with Gasteiger partial charge >= 0.3 is 12.1 Å². The Bertz CT molecular complexity index is 511. The molecular formula is C14H14F3NO2. The molecule has 0 unspecified atom stereocenters. The summed E-state index contributed by atoms with van der Waals surface area (Å²) in [7, 11) is 0. The lowest BCUT2D eigenvalue weighted by molar-refractivity contribution is -0.167. The van der Waals surface area contributed by atoms with Crippen LogP contribution in [0.3, 0.4) is 0 Å². The second-order valence-corrected chi connectivity index (χ2v) is 4.75. The molecule has 108 valence electrons. The number of cyclic esters (lactones) is 1. The van der Waals surface area contributed by atoms with Crippen LogP contribution >= 0.6 is 0 Å². The van der Waals surface area contributed by atoms with Crippen molar-refractivity contribution in [2.45, 2.75) is 25.6 Å². The van der Waals surface area contributed by atoms with Crippen molar-refractivity contribution in [3.8, 4) is 0 Å². The molecule has 1 heterocycles. The number of hydrogen-bond donors (Lipinski definition) is 0. The van der Waals surface area contributed by atoms with Crippen LogP contribution in [0.15, 0.2) is 35.3 Å². The fraction of sp³-hybridized carbons (Fsp3) is 0.429. The highest BCUT2D eigenvalue weighted by molar-refractivity contribution is 6.36. The number of rotatable bonds is 3. The van der Waals surface area contributed by atoms with Gasteiger partial charge in [0.2, 0.25) is 0 Å². The summed E-state index contributed by atoms with van der Waals surface area (Å²) in [6, 6.07) is 8.62. The van der Waals surface area contributed by atoms with E-state index in [2.05, 4.69) is 4.99 Å². The molecule has 0 bridgehead atoms. The maximum Gasteiger partial charge on any atom is 0.391 e. The van der Waals surface area contributed by atoms with Gasteiger partial charge in [-0.1, -0.05) is 37.3 Å². The zero-order valence-electron chi connectivity index (χ0n) is 10.9. The van der Waals surface area contributed by atoms with Crippen molar-refractivity contribution < 1.29 is 22.7 Å². The van der Waals surface area contributed by atoms with Crippen LogP contribution in [-0.4, -0.2) is 24.5 Å². The maximum atomic E-state index is 12.5. The number of halogens is 3. The van der Waals surface area contributed by atoms with Crippen molar-refractivity contribution in [1.29, 1.82) is 0 Å². The predicted octanol–water partition coefficient (Wildman–Crippen LogP) is 3.31. The summed E-state index contributed by atoms with van der Waals surface area (Å²) in [5, 5.41) is 0.